The van der Waals surface area contributed by atoms with Crippen LogP contribution < -0.4 is 15.8 Å². The number of anilines is 1. The molecule has 1 N–H and O–H groups in total. The summed E-state index contributed by atoms with van der Waals surface area (Å²) in [6, 6.07) is 8.44. The van der Waals surface area contributed by atoms with Gasteiger partial charge in [-0.2, -0.15) is 5.10 Å². The largest absolute Gasteiger partial charge is 0.364 e. The molecule has 2 heterocycles. The second-order valence-electron chi connectivity index (χ2n) is 7.17. The number of nitrogens with one attached hydrogen (secondary N) is 1. The molecule has 5 nitrogen and oxygen atoms in total. The average Bonchev–Trinajstić information content (AvgIpc) is 2.65. The maximum atomic E-state index is 13.1. The van der Waals surface area contributed by atoms with Crippen LogP contribution in [-0.4, -0.2) is 42.2 Å². The van der Waals surface area contributed by atoms with E-state index < -0.39 is 0 Å². The summed E-state index contributed by atoms with van der Waals surface area (Å²) in [4.78, 5) is 16.6. The first kappa shape index (κ1) is 19.0. The van der Waals surface area contributed by atoms with Crippen LogP contribution in [0.2, 0.25) is 0 Å². The topological polar surface area (TPSA) is 50.2 Å². The van der Waals surface area contributed by atoms with Gasteiger partial charge in [0.15, 0.2) is 0 Å². The predicted molar refractivity (Wildman–Crippen MR) is 110 cm³/mol. The minimum absolute atomic E-state index is 0.0302. The highest BCUT2D eigenvalue weighted by Gasteiger charge is 2.22. The number of rotatable bonds is 5. The first-order chi connectivity index (χ1) is 12.5. The fraction of sp³-hybridized carbons (Fsp3) is 0.500. The van der Waals surface area contributed by atoms with Gasteiger partial charge in [-0.1, -0.05) is 26.0 Å². The van der Waals surface area contributed by atoms with Crippen molar-refractivity contribution in [3.05, 3.63) is 40.2 Å². The molecule has 26 heavy (non-hydrogen) atoms. The molecular formula is C20H28N4OS. The van der Waals surface area contributed by atoms with Gasteiger partial charge in [-0.3, -0.25) is 4.79 Å². The zero-order valence-electron chi connectivity index (χ0n) is 16.1. The quantitative estimate of drug-likeness (QED) is 0.818. The molecule has 3 rings (SSSR count). The fourth-order valence-electron chi connectivity index (χ4n) is 3.39. The number of nitrogens with zero attached hydrogens (tertiary/aromatic N) is 3. The minimum atomic E-state index is 0.0302. The first-order valence-corrected chi connectivity index (χ1v) is 10.5. The molecule has 0 unspecified atom stereocenters. The number of piperazine rings is 1. The van der Waals surface area contributed by atoms with Crippen molar-refractivity contribution in [2.24, 2.45) is 5.92 Å². The van der Waals surface area contributed by atoms with Crippen molar-refractivity contribution < 1.29 is 0 Å². The van der Waals surface area contributed by atoms with Crippen molar-refractivity contribution in [2.45, 2.75) is 32.2 Å². The second-order valence-corrected chi connectivity index (χ2v) is 8.05. The molecule has 1 aromatic heterocycles. The number of aromatic nitrogens is 2. The summed E-state index contributed by atoms with van der Waals surface area (Å²) < 4.78 is 1.66. The molecule has 1 aromatic carbocycles. The predicted octanol–water partition coefficient (Wildman–Crippen LogP) is 3.01. The van der Waals surface area contributed by atoms with Crippen LogP contribution in [0.4, 0.5) is 5.69 Å². The Morgan fingerprint density at radius 3 is 2.42 bits per heavy atom. The second kappa shape index (κ2) is 8.27. The summed E-state index contributed by atoms with van der Waals surface area (Å²) in [6.07, 6.45) is 2.07. The maximum Gasteiger partial charge on any atom is 0.290 e. The standard InChI is InChI=1S/C20H28N4OS/c1-14(2)13-24-20(25)19(23-11-9-21-10-12-23)15(3)18(22-24)16-5-7-17(26-4)8-6-16/h5-8,14,21H,9-13H2,1-4H3. The highest BCUT2D eigenvalue weighted by atomic mass is 32.2. The van der Waals surface area contributed by atoms with Crippen LogP contribution in [-0.2, 0) is 6.54 Å². The lowest BCUT2D eigenvalue weighted by Crippen LogP contribution is -2.47. The van der Waals surface area contributed by atoms with Crippen LogP contribution in [0.5, 0.6) is 0 Å². The highest BCUT2D eigenvalue weighted by molar-refractivity contribution is 7.98. The molecule has 1 saturated heterocycles. The Morgan fingerprint density at radius 2 is 1.85 bits per heavy atom. The van der Waals surface area contributed by atoms with Crippen LogP contribution in [0.3, 0.4) is 0 Å². The van der Waals surface area contributed by atoms with Crippen LogP contribution in [0.1, 0.15) is 19.4 Å². The molecule has 0 amide bonds. The molecule has 1 fully saturated rings. The van der Waals surface area contributed by atoms with E-state index in [9.17, 15) is 4.79 Å². The van der Waals surface area contributed by atoms with E-state index in [1.807, 2.05) is 6.92 Å². The minimum Gasteiger partial charge on any atom is -0.364 e. The lowest BCUT2D eigenvalue weighted by Gasteiger charge is -2.31. The van der Waals surface area contributed by atoms with E-state index in [-0.39, 0.29) is 5.56 Å². The van der Waals surface area contributed by atoms with Crippen molar-refractivity contribution in [3.63, 3.8) is 0 Å². The third-order valence-corrected chi connectivity index (χ3v) is 5.45. The summed E-state index contributed by atoms with van der Waals surface area (Å²) in [6.45, 7) is 10.4. The molecule has 2 aromatic rings. The van der Waals surface area contributed by atoms with E-state index in [0.717, 1.165) is 48.7 Å². The monoisotopic (exact) mass is 372 g/mol. The van der Waals surface area contributed by atoms with Crippen LogP contribution in [0.25, 0.3) is 11.3 Å². The van der Waals surface area contributed by atoms with Crippen LogP contribution in [0, 0.1) is 12.8 Å². The zero-order chi connectivity index (χ0) is 18.7. The normalized spacial score (nSPS) is 14.9. The Bertz CT molecular complexity index is 808. The summed E-state index contributed by atoms with van der Waals surface area (Å²) in [5.74, 6) is 0.366. The van der Waals surface area contributed by atoms with Gasteiger partial charge in [0.1, 0.15) is 5.69 Å². The van der Waals surface area contributed by atoms with Crippen molar-refractivity contribution >= 4 is 17.4 Å². The van der Waals surface area contributed by atoms with Crippen molar-refractivity contribution in [2.75, 3.05) is 37.3 Å². The molecular weight excluding hydrogens is 344 g/mol. The van der Waals surface area contributed by atoms with Gasteiger partial charge in [-0.05, 0) is 31.2 Å². The molecule has 140 valence electrons. The van der Waals surface area contributed by atoms with E-state index in [0.29, 0.717) is 12.5 Å². The van der Waals surface area contributed by atoms with Gasteiger partial charge in [-0.15, -0.1) is 11.8 Å². The number of hydrogen-bond acceptors (Lipinski definition) is 5. The Balaban J connectivity index is 2.14. The molecule has 0 saturated carbocycles. The summed E-state index contributed by atoms with van der Waals surface area (Å²) in [7, 11) is 0. The Labute approximate surface area is 159 Å². The van der Waals surface area contributed by atoms with Gasteiger partial charge >= 0.3 is 0 Å². The SMILES string of the molecule is CSc1ccc(-c2nn(CC(C)C)c(=O)c(N3CCNCC3)c2C)cc1. The molecule has 0 aliphatic carbocycles. The van der Waals surface area contributed by atoms with Crippen molar-refractivity contribution in [3.8, 4) is 11.3 Å². The zero-order valence-corrected chi connectivity index (χ0v) is 16.9. The molecule has 1 aliphatic rings. The molecule has 0 spiro atoms. The third kappa shape index (κ3) is 3.96. The van der Waals surface area contributed by atoms with Gasteiger partial charge < -0.3 is 10.2 Å². The van der Waals surface area contributed by atoms with Gasteiger partial charge in [0.05, 0.1) is 5.69 Å². The van der Waals surface area contributed by atoms with Crippen molar-refractivity contribution in [1.82, 2.24) is 15.1 Å². The maximum absolute atomic E-state index is 13.1. The van der Waals surface area contributed by atoms with Gasteiger partial charge in [-0.25, -0.2) is 4.68 Å². The van der Waals surface area contributed by atoms with Gasteiger partial charge in [0.2, 0.25) is 0 Å². The lowest BCUT2D eigenvalue weighted by molar-refractivity contribution is 0.462. The van der Waals surface area contributed by atoms with Crippen molar-refractivity contribution in [1.29, 1.82) is 0 Å². The molecule has 6 heteroatoms. The molecule has 0 atom stereocenters. The Morgan fingerprint density at radius 1 is 1.19 bits per heavy atom. The Hall–Kier alpha value is -1.79. The Kier molecular flexibility index (Phi) is 6.04. The molecule has 1 aliphatic heterocycles. The average molecular weight is 373 g/mol. The van der Waals surface area contributed by atoms with E-state index in [2.05, 4.69) is 54.6 Å². The van der Waals surface area contributed by atoms with Gasteiger partial charge in [0.25, 0.3) is 5.56 Å². The summed E-state index contributed by atoms with van der Waals surface area (Å²) >= 11 is 1.73. The third-order valence-electron chi connectivity index (χ3n) is 4.70. The van der Waals surface area contributed by atoms with E-state index in [1.54, 1.807) is 16.4 Å². The van der Waals surface area contributed by atoms with E-state index in [4.69, 9.17) is 5.10 Å². The van der Waals surface area contributed by atoms with E-state index >= 15 is 0 Å². The smallest absolute Gasteiger partial charge is 0.290 e. The lowest BCUT2D eigenvalue weighted by atomic mass is 10.1. The van der Waals surface area contributed by atoms with E-state index in [1.165, 1.54) is 4.90 Å². The van der Waals surface area contributed by atoms with Crippen LogP contribution >= 0.6 is 11.8 Å². The first-order valence-electron chi connectivity index (χ1n) is 9.23. The summed E-state index contributed by atoms with van der Waals surface area (Å²) in [5.41, 5.74) is 3.79. The fourth-order valence-corrected chi connectivity index (χ4v) is 3.80. The number of benzene rings is 1. The van der Waals surface area contributed by atoms with Gasteiger partial charge in [0, 0.05) is 48.7 Å². The highest BCUT2D eigenvalue weighted by Crippen LogP contribution is 2.28. The molecule has 0 radical (unpaired) electrons. The summed E-state index contributed by atoms with van der Waals surface area (Å²) in [5, 5.41) is 8.11. The molecule has 0 bridgehead atoms. The number of thioether (sulfide) groups is 1. The number of hydrogen-bond donors (Lipinski definition) is 1. The van der Waals surface area contributed by atoms with Crippen LogP contribution in [0.15, 0.2) is 34.0 Å².